The van der Waals surface area contributed by atoms with Crippen LogP contribution in [0.25, 0.3) is 22.3 Å². The van der Waals surface area contributed by atoms with Crippen molar-refractivity contribution in [2.45, 2.75) is 26.6 Å². The van der Waals surface area contributed by atoms with Crippen molar-refractivity contribution in [3.8, 4) is 17.0 Å². The largest absolute Gasteiger partial charge is 0.506 e. The van der Waals surface area contributed by atoms with Gasteiger partial charge in [-0.1, -0.05) is 19.9 Å². The van der Waals surface area contributed by atoms with Crippen LogP contribution in [0.15, 0.2) is 24.3 Å². The molecule has 2 aromatic heterocycles. The van der Waals surface area contributed by atoms with Gasteiger partial charge >= 0.3 is 6.18 Å². The van der Waals surface area contributed by atoms with Gasteiger partial charge in [0.25, 0.3) is 0 Å². The lowest BCUT2D eigenvalue weighted by Gasteiger charge is -2.09. The molecular formula is C17H14F5N3O. The van der Waals surface area contributed by atoms with E-state index in [0.29, 0.717) is 0 Å². The lowest BCUT2D eigenvalue weighted by atomic mass is 10.1. The van der Waals surface area contributed by atoms with Gasteiger partial charge in [0.2, 0.25) is 0 Å². The van der Waals surface area contributed by atoms with Crippen molar-refractivity contribution < 1.29 is 27.1 Å². The van der Waals surface area contributed by atoms with E-state index in [0.717, 1.165) is 28.9 Å². The summed E-state index contributed by atoms with van der Waals surface area (Å²) < 4.78 is 68.8. The molecular weight excluding hydrogens is 357 g/mol. The fourth-order valence-electron chi connectivity index (χ4n) is 2.68. The van der Waals surface area contributed by atoms with E-state index in [4.69, 9.17) is 0 Å². The highest BCUT2D eigenvalue weighted by atomic mass is 19.4. The highest BCUT2D eigenvalue weighted by molar-refractivity contribution is 5.85. The van der Waals surface area contributed by atoms with Gasteiger partial charge in [0, 0.05) is 6.54 Å². The number of fused-ring (bicyclic) bond motifs is 1. The van der Waals surface area contributed by atoms with Crippen LogP contribution < -0.4 is 0 Å². The Bertz CT molecular complexity index is 958. The molecule has 4 nitrogen and oxygen atoms in total. The van der Waals surface area contributed by atoms with E-state index in [2.05, 4.69) is 10.1 Å². The van der Waals surface area contributed by atoms with Gasteiger partial charge in [-0.15, -0.1) is 0 Å². The number of hydrogen-bond donors (Lipinski definition) is 1. The topological polar surface area (TPSA) is 50.9 Å². The van der Waals surface area contributed by atoms with Crippen molar-refractivity contribution in [2.75, 3.05) is 0 Å². The second-order valence-corrected chi connectivity index (χ2v) is 6.25. The van der Waals surface area contributed by atoms with E-state index in [9.17, 15) is 27.1 Å². The third kappa shape index (κ3) is 3.09. The Hall–Kier alpha value is -2.71. The molecule has 0 atom stereocenters. The SMILES string of the molecule is CC(C)Cn1nc(C(F)(F)F)c2cc(O)c(-c3c(F)cccc3F)nc21. The average Bonchev–Trinajstić information content (AvgIpc) is 2.84. The average molecular weight is 371 g/mol. The summed E-state index contributed by atoms with van der Waals surface area (Å²) in [6.45, 7) is 3.67. The van der Waals surface area contributed by atoms with Gasteiger partial charge in [-0.05, 0) is 24.1 Å². The third-order valence-electron chi connectivity index (χ3n) is 3.71. The molecule has 0 aliphatic rings. The molecule has 3 aromatic rings. The first-order chi connectivity index (χ1) is 12.1. The number of aromatic hydroxyl groups is 1. The van der Waals surface area contributed by atoms with Crippen LogP contribution in [0.2, 0.25) is 0 Å². The van der Waals surface area contributed by atoms with Crippen LogP contribution in [0.1, 0.15) is 19.5 Å². The summed E-state index contributed by atoms with van der Waals surface area (Å²) in [6.07, 6.45) is -4.76. The second-order valence-electron chi connectivity index (χ2n) is 6.25. The number of aromatic nitrogens is 3. The van der Waals surface area contributed by atoms with E-state index in [-0.39, 0.29) is 18.1 Å². The molecule has 0 aliphatic carbocycles. The number of nitrogens with zero attached hydrogens (tertiary/aromatic N) is 3. The Balaban J connectivity index is 2.34. The Morgan fingerprint density at radius 3 is 2.31 bits per heavy atom. The summed E-state index contributed by atoms with van der Waals surface area (Å²) >= 11 is 0. The van der Waals surface area contributed by atoms with E-state index < -0.39 is 45.9 Å². The van der Waals surface area contributed by atoms with Crippen molar-refractivity contribution in [1.29, 1.82) is 0 Å². The Labute approximate surface area is 144 Å². The monoisotopic (exact) mass is 371 g/mol. The van der Waals surface area contributed by atoms with Crippen LogP contribution in [0, 0.1) is 17.6 Å². The van der Waals surface area contributed by atoms with Crippen molar-refractivity contribution in [2.24, 2.45) is 5.92 Å². The summed E-state index contributed by atoms with van der Waals surface area (Å²) in [5.74, 6) is -2.80. The normalized spacial score (nSPS) is 12.3. The molecule has 26 heavy (non-hydrogen) atoms. The zero-order valence-corrected chi connectivity index (χ0v) is 13.8. The minimum Gasteiger partial charge on any atom is -0.506 e. The van der Waals surface area contributed by atoms with E-state index in [1.54, 1.807) is 13.8 Å². The predicted octanol–water partition coefficient (Wildman–Crippen LogP) is 4.76. The maximum absolute atomic E-state index is 14.0. The van der Waals surface area contributed by atoms with Gasteiger partial charge < -0.3 is 5.11 Å². The molecule has 2 heterocycles. The van der Waals surface area contributed by atoms with E-state index in [1.165, 1.54) is 0 Å². The van der Waals surface area contributed by atoms with Crippen molar-refractivity contribution >= 4 is 11.0 Å². The molecule has 1 aromatic carbocycles. The molecule has 0 saturated heterocycles. The Morgan fingerprint density at radius 1 is 1.15 bits per heavy atom. The molecule has 0 radical (unpaired) electrons. The molecule has 0 amide bonds. The zero-order valence-electron chi connectivity index (χ0n) is 13.8. The fourth-order valence-corrected chi connectivity index (χ4v) is 2.68. The third-order valence-corrected chi connectivity index (χ3v) is 3.71. The van der Waals surface area contributed by atoms with Crippen molar-refractivity contribution in [3.63, 3.8) is 0 Å². The number of halogens is 5. The van der Waals surface area contributed by atoms with Gasteiger partial charge in [-0.25, -0.2) is 18.4 Å². The van der Waals surface area contributed by atoms with Crippen LogP contribution in [0.3, 0.4) is 0 Å². The summed E-state index contributed by atoms with van der Waals surface area (Å²) in [5.41, 5.74) is -2.51. The van der Waals surface area contributed by atoms with Crippen molar-refractivity contribution in [3.05, 3.63) is 41.6 Å². The molecule has 0 aliphatic heterocycles. The number of rotatable bonds is 3. The molecule has 0 unspecified atom stereocenters. The molecule has 0 spiro atoms. The van der Waals surface area contributed by atoms with Crippen molar-refractivity contribution in [1.82, 2.24) is 14.8 Å². The number of hydrogen-bond acceptors (Lipinski definition) is 3. The number of alkyl halides is 3. The lowest BCUT2D eigenvalue weighted by Crippen LogP contribution is -2.10. The summed E-state index contributed by atoms with van der Waals surface area (Å²) in [5, 5.41) is 13.2. The summed E-state index contributed by atoms with van der Waals surface area (Å²) in [7, 11) is 0. The standard InChI is InChI=1S/C17H14F5N3O/c1-8(2)7-25-16-9(15(24-25)17(20,21)22)6-12(26)14(23-16)13-10(18)4-3-5-11(13)19/h3-6,8,26H,7H2,1-2H3. The smallest absolute Gasteiger partial charge is 0.435 e. The molecule has 0 bridgehead atoms. The minimum absolute atomic E-state index is 0.0524. The van der Waals surface area contributed by atoms with E-state index >= 15 is 0 Å². The highest BCUT2D eigenvalue weighted by Crippen LogP contribution is 2.39. The van der Waals surface area contributed by atoms with E-state index in [1.807, 2.05) is 0 Å². The van der Waals surface area contributed by atoms with Crippen LogP contribution in [0.4, 0.5) is 22.0 Å². The first-order valence-electron chi connectivity index (χ1n) is 7.71. The molecule has 3 rings (SSSR count). The molecule has 138 valence electrons. The number of benzene rings is 1. The predicted molar refractivity (Wildman–Crippen MR) is 84.4 cm³/mol. The maximum atomic E-state index is 14.0. The van der Waals surface area contributed by atoms with Crippen LogP contribution in [-0.4, -0.2) is 19.9 Å². The van der Waals surface area contributed by atoms with Gasteiger partial charge in [0.1, 0.15) is 23.1 Å². The molecule has 9 heteroatoms. The molecule has 0 saturated carbocycles. The summed E-state index contributed by atoms with van der Waals surface area (Å²) in [6, 6.07) is 3.86. The maximum Gasteiger partial charge on any atom is 0.435 e. The lowest BCUT2D eigenvalue weighted by molar-refractivity contribution is -0.140. The summed E-state index contributed by atoms with van der Waals surface area (Å²) in [4.78, 5) is 3.92. The zero-order chi connectivity index (χ0) is 19.2. The first-order valence-corrected chi connectivity index (χ1v) is 7.71. The van der Waals surface area contributed by atoms with Gasteiger partial charge in [0.15, 0.2) is 11.3 Å². The first kappa shape index (κ1) is 18.1. The highest BCUT2D eigenvalue weighted by Gasteiger charge is 2.38. The number of pyridine rings is 1. The van der Waals surface area contributed by atoms with Crippen LogP contribution in [-0.2, 0) is 12.7 Å². The van der Waals surface area contributed by atoms with Gasteiger partial charge in [-0.2, -0.15) is 18.3 Å². The second kappa shape index (κ2) is 6.22. The Morgan fingerprint density at radius 2 is 1.77 bits per heavy atom. The molecule has 0 fully saturated rings. The van der Waals surface area contributed by atoms with Gasteiger partial charge in [0.05, 0.1) is 10.9 Å². The van der Waals surface area contributed by atoms with Crippen LogP contribution >= 0.6 is 0 Å². The van der Waals surface area contributed by atoms with Crippen LogP contribution in [0.5, 0.6) is 5.75 Å². The fraction of sp³-hybridized carbons (Fsp3) is 0.294. The minimum atomic E-state index is -4.76. The quantitative estimate of drug-likeness (QED) is 0.676. The Kier molecular flexibility index (Phi) is 4.33. The molecule has 1 N–H and O–H groups in total. The van der Waals surface area contributed by atoms with Gasteiger partial charge in [-0.3, -0.25) is 0 Å².